The van der Waals surface area contributed by atoms with Gasteiger partial charge in [0.25, 0.3) is 0 Å². The van der Waals surface area contributed by atoms with Crippen molar-refractivity contribution in [3.63, 3.8) is 0 Å². The van der Waals surface area contributed by atoms with Crippen LogP contribution >= 0.6 is 15.9 Å². The molecule has 1 heterocycles. The fraction of sp³-hybridized carbons (Fsp3) is 0.333. The quantitative estimate of drug-likeness (QED) is 0.851. The molecule has 90 valence electrons. The van der Waals surface area contributed by atoms with Crippen LogP contribution in [0.4, 0.5) is 4.39 Å². The molecule has 0 radical (unpaired) electrons. The topological polar surface area (TPSA) is 46.2 Å². The average molecular weight is 300 g/mol. The molecule has 1 aromatic rings. The van der Waals surface area contributed by atoms with Gasteiger partial charge in [-0.25, -0.2) is 4.39 Å². The van der Waals surface area contributed by atoms with Gasteiger partial charge in [-0.05, 0) is 40.4 Å². The maximum absolute atomic E-state index is 13.3. The Morgan fingerprint density at radius 3 is 2.88 bits per heavy atom. The van der Waals surface area contributed by atoms with Crippen LogP contribution in [-0.4, -0.2) is 11.8 Å². The highest BCUT2D eigenvalue weighted by molar-refractivity contribution is 9.10. The molecule has 3 nitrogen and oxygen atoms in total. The van der Waals surface area contributed by atoms with Gasteiger partial charge < -0.3 is 0 Å². The molecule has 1 aromatic carbocycles. The zero-order valence-corrected chi connectivity index (χ0v) is 10.6. The SMILES string of the molecule is O=C1CCC(Cc2cccc(F)c2Br)C(=O)N1. The van der Waals surface area contributed by atoms with Gasteiger partial charge in [-0.3, -0.25) is 14.9 Å². The van der Waals surface area contributed by atoms with Gasteiger partial charge in [0, 0.05) is 12.3 Å². The van der Waals surface area contributed by atoms with Crippen molar-refractivity contribution in [1.82, 2.24) is 5.32 Å². The highest BCUT2D eigenvalue weighted by Crippen LogP contribution is 2.25. The van der Waals surface area contributed by atoms with Gasteiger partial charge in [-0.1, -0.05) is 12.1 Å². The fourth-order valence-electron chi connectivity index (χ4n) is 1.90. The van der Waals surface area contributed by atoms with E-state index in [1.54, 1.807) is 12.1 Å². The molecule has 0 spiro atoms. The minimum absolute atomic E-state index is 0.232. The molecule has 1 unspecified atom stereocenters. The molecule has 0 saturated carbocycles. The van der Waals surface area contributed by atoms with E-state index in [4.69, 9.17) is 0 Å². The summed E-state index contributed by atoms with van der Waals surface area (Å²) in [5.41, 5.74) is 0.750. The van der Waals surface area contributed by atoms with Crippen molar-refractivity contribution < 1.29 is 14.0 Å². The number of carbonyl (C=O) groups is 2. The molecule has 0 aliphatic carbocycles. The first kappa shape index (κ1) is 12.2. The maximum Gasteiger partial charge on any atom is 0.230 e. The minimum Gasteiger partial charge on any atom is -0.296 e. The summed E-state index contributed by atoms with van der Waals surface area (Å²) in [5, 5.41) is 2.30. The molecule has 17 heavy (non-hydrogen) atoms. The third-order valence-corrected chi connectivity index (χ3v) is 3.74. The summed E-state index contributed by atoms with van der Waals surface area (Å²) in [7, 11) is 0. The van der Waals surface area contributed by atoms with E-state index in [0.717, 1.165) is 5.56 Å². The molecule has 1 N–H and O–H groups in total. The second-order valence-electron chi connectivity index (χ2n) is 4.07. The second kappa shape index (κ2) is 4.96. The van der Waals surface area contributed by atoms with E-state index in [1.165, 1.54) is 6.07 Å². The van der Waals surface area contributed by atoms with Crippen LogP contribution in [0.25, 0.3) is 0 Å². The van der Waals surface area contributed by atoms with E-state index in [2.05, 4.69) is 21.2 Å². The first-order valence-electron chi connectivity index (χ1n) is 5.34. The van der Waals surface area contributed by atoms with Crippen LogP contribution in [0, 0.1) is 11.7 Å². The fourth-order valence-corrected chi connectivity index (χ4v) is 2.33. The van der Waals surface area contributed by atoms with Crippen LogP contribution in [0.3, 0.4) is 0 Å². The number of hydrogen-bond donors (Lipinski definition) is 1. The number of amides is 2. The van der Waals surface area contributed by atoms with Gasteiger partial charge >= 0.3 is 0 Å². The van der Waals surface area contributed by atoms with Crippen LogP contribution < -0.4 is 5.32 Å². The lowest BCUT2D eigenvalue weighted by molar-refractivity contribution is -0.136. The number of nitrogens with one attached hydrogen (secondary N) is 1. The van der Waals surface area contributed by atoms with Gasteiger partial charge in [-0.15, -0.1) is 0 Å². The number of rotatable bonds is 2. The molecule has 1 fully saturated rings. The zero-order valence-electron chi connectivity index (χ0n) is 9.00. The summed E-state index contributed by atoms with van der Waals surface area (Å²) >= 11 is 3.17. The predicted molar refractivity (Wildman–Crippen MR) is 63.7 cm³/mol. The third-order valence-electron chi connectivity index (χ3n) is 2.85. The van der Waals surface area contributed by atoms with Gasteiger partial charge in [-0.2, -0.15) is 0 Å². The molecule has 1 saturated heterocycles. The normalized spacial score (nSPS) is 20.2. The Labute approximate surface area is 107 Å². The highest BCUT2D eigenvalue weighted by atomic mass is 79.9. The summed E-state index contributed by atoms with van der Waals surface area (Å²) in [6.07, 6.45) is 1.31. The van der Waals surface area contributed by atoms with Crippen molar-refractivity contribution in [2.75, 3.05) is 0 Å². The van der Waals surface area contributed by atoms with E-state index < -0.39 is 0 Å². The van der Waals surface area contributed by atoms with E-state index in [0.29, 0.717) is 23.7 Å². The predicted octanol–water partition coefficient (Wildman–Crippen LogP) is 2.18. The zero-order chi connectivity index (χ0) is 12.4. The van der Waals surface area contributed by atoms with Crippen LogP contribution in [0.1, 0.15) is 18.4 Å². The number of imide groups is 1. The molecule has 2 amide bonds. The van der Waals surface area contributed by atoms with Gasteiger partial charge in [0.1, 0.15) is 5.82 Å². The molecular weight excluding hydrogens is 289 g/mol. The first-order valence-corrected chi connectivity index (χ1v) is 6.14. The summed E-state index contributed by atoms with van der Waals surface area (Å²) in [6, 6.07) is 4.75. The number of hydrogen-bond acceptors (Lipinski definition) is 2. The van der Waals surface area contributed by atoms with E-state index in [9.17, 15) is 14.0 Å². The number of benzene rings is 1. The second-order valence-corrected chi connectivity index (χ2v) is 4.86. The van der Waals surface area contributed by atoms with Crippen LogP contribution in [0.2, 0.25) is 0 Å². The Morgan fingerprint density at radius 1 is 1.41 bits per heavy atom. The van der Waals surface area contributed by atoms with Crippen molar-refractivity contribution in [3.8, 4) is 0 Å². The monoisotopic (exact) mass is 299 g/mol. The summed E-state index contributed by atoms with van der Waals surface area (Å²) in [5.74, 6) is -1.09. The maximum atomic E-state index is 13.3. The Kier molecular flexibility index (Phi) is 3.57. The van der Waals surface area contributed by atoms with Crippen LogP contribution in [0.5, 0.6) is 0 Å². The Morgan fingerprint density at radius 2 is 2.18 bits per heavy atom. The molecule has 1 atom stereocenters. The number of piperidine rings is 1. The number of halogens is 2. The van der Waals surface area contributed by atoms with Gasteiger partial charge in [0.2, 0.25) is 11.8 Å². The van der Waals surface area contributed by atoms with Gasteiger partial charge in [0.05, 0.1) is 4.47 Å². The Hall–Kier alpha value is -1.23. The van der Waals surface area contributed by atoms with Crippen LogP contribution in [-0.2, 0) is 16.0 Å². The first-order chi connectivity index (χ1) is 8.08. The molecule has 2 rings (SSSR count). The lowest BCUT2D eigenvalue weighted by atomic mass is 9.91. The molecule has 1 aliphatic rings. The summed E-state index contributed by atoms with van der Waals surface area (Å²) in [6.45, 7) is 0. The van der Waals surface area contributed by atoms with Crippen molar-refractivity contribution in [2.45, 2.75) is 19.3 Å². The van der Waals surface area contributed by atoms with Crippen molar-refractivity contribution in [3.05, 3.63) is 34.1 Å². The van der Waals surface area contributed by atoms with Crippen molar-refractivity contribution >= 4 is 27.7 Å². The Balaban J connectivity index is 2.13. The summed E-state index contributed by atoms with van der Waals surface area (Å²) < 4.78 is 13.7. The Bertz CT molecular complexity index is 476. The molecule has 5 heteroatoms. The van der Waals surface area contributed by atoms with Crippen molar-refractivity contribution in [2.24, 2.45) is 5.92 Å². The standard InChI is InChI=1S/C12H11BrFNO2/c13-11-7(2-1-3-9(11)14)6-8-4-5-10(16)15-12(8)17/h1-3,8H,4-6H2,(H,15,16,17). The molecule has 1 aliphatic heterocycles. The summed E-state index contributed by atoms with van der Waals surface area (Å²) in [4.78, 5) is 22.6. The van der Waals surface area contributed by atoms with Gasteiger partial charge in [0.15, 0.2) is 0 Å². The smallest absolute Gasteiger partial charge is 0.230 e. The van der Waals surface area contributed by atoms with E-state index >= 15 is 0 Å². The number of carbonyl (C=O) groups excluding carboxylic acids is 2. The molecular formula is C12H11BrFNO2. The third kappa shape index (κ3) is 2.72. The average Bonchev–Trinajstić information content (AvgIpc) is 2.28. The van der Waals surface area contributed by atoms with E-state index in [-0.39, 0.29) is 23.5 Å². The molecule has 0 aromatic heterocycles. The van der Waals surface area contributed by atoms with Crippen LogP contribution in [0.15, 0.2) is 22.7 Å². The largest absolute Gasteiger partial charge is 0.296 e. The lowest BCUT2D eigenvalue weighted by Gasteiger charge is -2.21. The highest BCUT2D eigenvalue weighted by Gasteiger charge is 2.27. The minimum atomic E-state index is -0.338. The molecule has 0 bridgehead atoms. The van der Waals surface area contributed by atoms with E-state index in [1.807, 2.05) is 0 Å². The van der Waals surface area contributed by atoms with Crippen molar-refractivity contribution in [1.29, 1.82) is 0 Å². The lowest BCUT2D eigenvalue weighted by Crippen LogP contribution is -2.41.